The molecule has 3 nitrogen and oxygen atoms in total. The molecule has 0 aromatic carbocycles. The van der Waals surface area contributed by atoms with Crippen molar-refractivity contribution in [3.8, 4) is 11.8 Å². The maximum Gasteiger partial charge on any atom is 0.389 e. The Bertz CT molecular complexity index is 464. The number of alkyl halides is 3. The van der Waals surface area contributed by atoms with E-state index in [0.29, 0.717) is 17.1 Å². The van der Waals surface area contributed by atoms with E-state index in [9.17, 15) is 13.2 Å². The highest BCUT2D eigenvalue weighted by Gasteiger charge is 2.26. The Hall–Kier alpha value is -1.77. The Morgan fingerprint density at radius 2 is 2.06 bits per heavy atom. The summed E-state index contributed by atoms with van der Waals surface area (Å²) in [6, 6.07) is 3.49. The zero-order valence-electron chi connectivity index (χ0n) is 10.1. The fourth-order valence-corrected chi connectivity index (χ4v) is 1.50. The minimum atomic E-state index is -4.18. The van der Waals surface area contributed by atoms with Gasteiger partial charge in [-0.1, -0.05) is 0 Å². The normalized spacial score (nSPS) is 11.1. The number of ether oxygens (including phenoxy) is 1. The van der Waals surface area contributed by atoms with Crippen LogP contribution in [0.5, 0.6) is 5.75 Å². The number of pyridine rings is 1. The Kier molecular flexibility index (Phi) is 4.54. The van der Waals surface area contributed by atoms with Gasteiger partial charge in [0, 0.05) is 18.2 Å². The summed E-state index contributed by atoms with van der Waals surface area (Å²) in [7, 11) is 0. The van der Waals surface area contributed by atoms with E-state index in [4.69, 9.17) is 10.00 Å². The number of aryl methyl sites for hydroxylation is 2. The molecular formula is C12H13F3N2O. The van der Waals surface area contributed by atoms with Gasteiger partial charge in [0.05, 0.1) is 12.3 Å². The average molecular weight is 258 g/mol. The first-order valence-corrected chi connectivity index (χ1v) is 5.41. The molecule has 0 radical (unpaired) electrons. The first-order chi connectivity index (χ1) is 8.33. The second-order valence-electron chi connectivity index (χ2n) is 3.90. The third kappa shape index (κ3) is 4.24. The molecule has 0 aliphatic rings. The van der Waals surface area contributed by atoms with E-state index in [0.717, 1.165) is 0 Å². The lowest BCUT2D eigenvalue weighted by Gasteiger charge is -2.11. The van der Waals surface area contributed by atoms with Gasteiger partial charge in [0.15, 0.2) is 0 Å². The SMILES string of the molecule is Cc1cc(OCCCC(F)(F)F)c(C#N)c(C)n1. The molecule has 0 unspecified atom stereocenters. The van der Waals surface area contributed by atoms with Gasteiger partial charge in [0.1, 0.15) is 17.4 Å². The molecule has 1 aromatic heterocycles. The lowest BCUT2D eigenvalue weighted by molar-refractivity contribution is -0.136. The van der Waals surface area contributed by atoms with Crippen LogP contribution in [0.1, 0.15) is 29.8 Å². The first-order valence-electron chi connectivity index (χ1n) is 5.41. The molecule has 0 aliphatic carbocycles. The van der Waals surface area contributed by atoms with Crippen LogP contribution < -0.4 is 4.74 Å². The molecule has 0 aliphatic heterocycles. The van der Waals surface area contributed by atoms with Crippen LogP contribution >= 0.6 is 0 Å². The van der Waals surface area contributed by atoms with E-state index in [2.05, 4.69) is 4.98 Å². The highest BCUT2D eigenvalue weighted by molar-refractivity contribution is 5.46. The van der Waals surface area contributed by atoms with E-state index in [-0.39, 0.29) is 18.6 Å². The third-order valence-electron chi connectivity index (χ3n) is 2.27. The van der Waals surface area contributed by atoms with Gasteiger partial charge in [0.25, 0.3) is 0 Å². The zero-order valence-corrected chi connectivity index (χ0v) is 10.1. The summed E-state index contributed by atoms with van der Waals surface area (Å²) < 4.78 is 41.0. The number of rotatable bonds is 4. The highest BCUT2D eigenvalue weighted by atomic mass is 19.4. The van der Waals surface area contributed by atoms with Crippen molar-refractivity contribution in [2.75, 3.05) is 6.61 Å². The minimum absolute atomic E-state index is 0.0723. The lowest BCUT2D eigenvalue weighted by Crippen LogP contribution is -2.10. The van der Waals surface area contributed by atoms with Gasteiger partial charge in [-0.05, 0) is 20.3 Å². The average Bonchev–Trinajstić information content (AvgIpc) is 2.22. The summed E-state index contributed by atoms with van der Waals surface area (Å²) in [5.41, 5.74) is 1.45. The summed E-state index contributed by atoms with van der Waals surface area (Å²) in [5.74, 6) is 0.296. The van der Waals surface area contributed by atoms with Crippen molar-refractivity contribution in [2.24, 2.45) is 0 Å². The molecular weight excluding hydrogens is 245 g/mol. The summed E-state index contributed by atoms with van der Waals surface area (Å²) >= 11 is 0. The van der Waals surface area contributed by atoms with Crippen LogP contribution in [0.2, 0.25) is 0 Å². The lowest BCUT2D eigenvalue weighted by atomic mass is 10.2. The number of hydrogen-bond acceptors (Lipinski definition) is 3. The third-order valence-corrected chi connectivity index (χ3v) is 2.27. The molecule has 0 saturated carbocycles. The van der Waals surface area contributed by atoms with E-state index in [1.54, 1.807) is 19.9 Å². The Morgan fingerprint density at radius 3 is 2.61 bits per heavy atom. The van der Waals surface area contributed by atoms with Crippen LogP contribution in [-0.2, 0) is 0 Å². The van der Waals surface area contributed by atoms with Crippen LogP contribution in [0.25, 0.3) is 0 Å². The van der Waals surface area contributed by atoms with Gasteiger partial charge >= 0.3 is 6.18 Å². The molecule has 0 saturated heterocycles. The summed E-state index contributed by atoms with van der Waals surface area (Å²) in [6.07, 6.45) is -5.20. The molecule has 98 valence electrons. The molecule has 0 amide bonds. The molecule has 0 spiro atoms. The minimum Gasteiger partial charge on any atom is -0.492 e. The number of nitriles is 1. The maximum absolute atomic E-state index is 11.9. The number of nitrogens with zero attached hydrogens (tertiary/aromatic N) is 2. The molecule has 18 heavy (non-hydrogen) atoms. The van der Waals surface area contributed by atoms with E-state index < -0.39 is 12.6 Å². The quantitative estimate of drug-likeness (QED) is 0.778. The van der Waals surface area contributed by atoms with Gasteiger partial charge in [-0.25, -0.2) is 0 Å². The molecule has 0 fully saturated rings. The molecule has 1 rings (SSSR count). The summed E-state index contributed by atoms with van der Waals surface area (Å²) in [4.78, 5) is 4.09. The largest absolute Gasteiger partial charge is 0.492 e. The number of aromatic nitrogens is 1. The predicted molar refractivity (Wildman–Crippen MR) is 59.2 cm³/mol. The molecule has 0 atom stereocenters. The predicted octanol–water partition coefficient (Wildman–Crippen LogP) is 3.29. The van der Waals surface area contributed by atoms with Crippen LogP contribution in [0, 0.1) is 25.2 Å². The summed E-state index contributed by atoms with van der Waals surface area (Å²) in [5, 5.41) is 8.93. The molecule has 0 N–H and O–H groups in total. The topological polar surface area (TPSA) is 45.9 Å². The zero-order chi connectivity index (χ0) is 13.8. The first kappa shape index (κ1) is 14.3. The second kappa shape index (κ2) is 5.71. The maximum atomic E-state index is 11.9. The standard InChI is InChI=1S/C12H13F3N2O/c1-8-6-11(10(7-16)9(2)17-8)18-5-3-4-12(13,14)15/h6H,3-5H2,1-2H3. The monoisotopic (exact) mass is 258 g/mol. The van der Waals surface area contributed by atoms with Gasteiger partial charge in [-0.2, -0.15) is 18.4 Å². The fourth-order valence-electron chi connectivity index (χ4n) is 1.50. The van der Waals surface area contributed by atoms with Crippen molar-refractivity contribution < 1.29 is 17.9 Å². The van der Waals surface area contributed by atoms with Crippen molar-refractivity contribution in [1.29, 1.82) is 5.26 Å². The van der Waals surface area contributed by atoms with E-state index in [1.165, 1.54) is 0 Å². The van der Waals surface area contributed by atoms with E-state index >= 15 is 0 Å². The van der Waals surface area contributed by atoms with Crippen LogP contribution in [0.3, 0.4) is 0 Å². The fraction of sp³-hybridized carbons (Fsp3) is 0.500. The van der Waals surface area contributed by atoms with E-state index in [1.807, 2.05) is 6.07 Å². The molecule has 1 heterocycles. The Morgan fingerprint density at radius 1 is 1.39 bits per heavy atom. The molecule has 1 aromatic rings. The van der Waals surface area contributed by atoms with Crippen molar-refractivity contribution in [2.45, 2.75) is 32.9 Å². The van der Waals surface area contributed by atoms with Crippen molar-refractivity contribution >= 4 is 0 Å². The van der Waals surface area contributed by atoms with Gasteiger partial charge < -0.3 is 4.74 Å². The Labute approximate surface area is 103 Å². The Balaban J connectivity index is 2.65. The highest BCUT2D eigenvalue weighted by Crippen LogP contribution is 2.24. The van der Waals surface area contributed by atoms with Crippen LogP contribution in [-0.4, -0.2) is 17.8 Å². The van der Waals surface area contributed by atoms with Gasteiger partial charge in [-0.15, -0.1) is 0 Å². The number of hydrogen-bond donors (Lipinski definition) is 0. The second-order valence-corrected chi connectivity index (χ2v) is 3.90. The smallest absolute Gasteiger partial charge is 0.389 e. The summed E-state index contributed by atoms with van der Waals surface area (Å²) in [6.45, 7) is 3.32. The molecule has 0 bridgehead atoms. The van der Waals surface area contributed by atoms with Crippen molar-refractivity contribution in [1.82, 2.24) is 4.98 Å². The van der Waals surface area contributed by atoms with Crippen molar-refractivity contribution in [3.05, 3.63) is 23.0 Å². The molecule has 6 heteroatoms. The van der Waals surface area contributed by atoms with Gasteiger partial charge in [-0.3, -0.25) is 4.98 Å². The van der Waals surface area contributed by atoms with Crippen LogP contribution in [0.15, 0.2) is 6.07 Å². The number of halogens is 3. The van der Waals surface area contributed by atoms with Gasteiger partial charge in [0.2, 0.25) is 0 Å². The van der Waals surface area contributed by atoms with Crippen LogP contribution in [0.4, 0.5) is 13.2 Å². The van der Waals surface area contributed by atoms with Crippen molar-refractivity contribution in [3.63, 3.8) is 0 Å².